The molecule has 15 atom stereocenters. The van der Waals surface area contributed by atoms with Crippen LogP contribution in [0.3, 0.4) is 0 Å². The predicted octanol–water partition coefficient (Wildman–Crippen LogP) is 7.78. The third kappa shape index (κ3) is 19.3. The van der Waals surface area contributed by atoms with Gasteiger partial charge in [-0.15, -0.1) is 0 Å². The zero-order valence-electron chi connectivity index (χ0n) is 47.1. The quantitative estimate of drug-likeness (QED) is 0.0558. The molecule has 0 spiro atoms. The highest BCUT2D eigenvalue weighted by molar-refractivity contribution is 7.57. The molecule has 0 aromatic rings. The fourth-order valence-corrected chi connectivity index (χ4v) is 11.9. The number of piperidine rings is 1. The topological polar surface area (TPSA) is 220 Å². The summed E-state index contributed by atoms with van der Waals surface area (Å²) in [6, 6.07) is -1.18. The van der Waals surface area contributed by atoms with Crippen molar-refractivity contribution in [2.45, 2.75) is 180 Å². The van der Waals surface area contributed by atoms with Gasteiger partial charge in [0.2, 0.25) is 5.79 Å². The Morgan fingerprint density at radius 3 is 2.24 bits per heavy atom. The second kappa shape index (κ2) is 30.8. The van der Waals surface area contributed by atoms with Crippen molar-refractivity contribution in [1.29, 1.82) is 0 Å². The van der Waals surface area contributed by atoms with Gasteiger partial charge in [-0.2, -0.15) is 0 Å². The number of hydrogen-bond acceptors (Lipinski definition) is 16. The van der Waals surface area contributed by atoms with Gasteiger partial charge in [0.25, 0.3) is 11.7 Å². The lowest BCUT2D eigenvalue weighted by molar-refractivity contribution is -0.266. The minimum atomic E-state index is -2.80. The van der Waals surface area contributed by atoms with Crippen molar-refractivity contribution < 1.29 is 76.4 Å². The molecule has 75 heavy (non-hydrogen) atoms. The molecule has 1 saturated carbocycles. The molecule has 4 rings (SSSR count). The van der Waals surface area contributed by atoms with Gasteiger partial charge in [0, 0.05) is 71.8 Å². The number of fused-ring (bicyclic) bond motifs is 3. The Morgan fingerprint density at radius 1 is 0.840 bits per heavy atom. The number of carbonyl (C=O) groups is 5. The third-order valence-electron chi connectivity index (χ3n) is 15.5. The van der Waals surface area contributed by atoms with Crippen LogP contribution in [0.25, 0.3) is 0 Å². The largest absolute Gasteiger partial charge is 0.460 e. The second-order valence-corrected chi connectivity index (χ2v) is 24.9. The maximum atomic E-state index is 14.6. The van der Waals surface area contributed by atoms with E-state index in [1.165, 1.54) is 12.0 Å². The van der Waals surface area contributed by atoms with Crippen molar-refractivity contribution in [3.63, 3.8) is 0 Å². The van der Waals surface area contributed by atoms with Crippen LogP contribution in [-0.4, -0.2) is 167 Å². The van der Waals surface area contributed by atoms with Gasteiger partial charge in [-0.05, 0) is 107 Å². The standard InChI is InChI=1S/C57H92NO16P/c1-36-18-14-13-15-19-37(2)48(71-29-28-70-27-26-67-8)34-44-23-21-42(7)57(65,73-44)54(62)55(63)58-25-17-16-20-45(58)56(64)72-49(39(4)32-43-22-24-47(50(33-43)68-9)74-75(11,12)66)35-46(59)38(3)31-41(6)52(61)53(69-10)51(60)40(5)30-36/h13-15,18-19,31,36,38-40,42-45,47-50,52-53,61,65H,16-17,20-30,32-35H2,1-12H3/b15-13?,18-14+,37-19?,41-31+/t36-,38-,39-,40-,42-,43+,44+,45+,47-,48?,49+,50-,52-,53+,57-/m1/s1. The van der Waals surface area contributed by atoms with E-state index >= 15 is 0 Å². The molecular weight excluding hydrogens is 986 g/mol. The number of methoxy groups -OCH3 is 3. The van der Waals surface area contributed by atoms with Crippen LogP contribution in [0.5, 0.6) is 0 Å². The van der Waals surface area contributed by atoms with Crippen molar-refractivity contribution >= 4 is 36.6 Å². The lowest BCUT2D eigenvalue weighted by Crippen LogP contribution is -2.61. The minimum Gasteiger partial charge on any atom is -0.460 e. The first-order chi connectivity index (χ1) is 35.4. The number of aliphatic hydroxyl groups is 2. The molecule has 0 aromatic carbocycles. The van der Waals surface area contributed by atoms with Crippen LogP contribution in [-0.2, 0) is 66.2 Å². The zero-order valence-corrected chi connectivity index (χ0v) is 48.0. The van der Waals surface area contributed by atoms with Crippen molar-refractivity contribution in [2.75, 3.05) is 67.6 Å². The van der Waals surface area contributed by atoms with Crippen molar-refractivity contribution in [2.24, 2.45) is 35.5 Å². The lowest BCUT2D eigenvalue weighted by atomic mass is 9.78. The minimum absolute atomic E-state index is 0.0138. The van der Waals surface area contributed by atoms with Gasteiger partial charge in [-0.25, -0.2) is 4.79 Å². The first-order valence-corrected chi connectivity index (χ1v) is 29.8. The monoisotopic (exact) mass is 1080 g/mol. The van der Waals surface area contributed by atoms with Gasteiger partial charge in [0.15, 0.2) is 13.2 Å². The Labute approximate surface area is 447 Å². The molecule has 3 heterocycles. The summed E-state index contributed by atoms with van der Waals surface area (Å²) in [5.74, 6) is -8.33. The average Bonchev–Trinajstić information content (AvgIpc) is 3.36. The summed E-state index contributed by atoms with van der Waals surface area (Å²) < 4.78 is 59.7. The number of rotatable bonds is 14. The molecule has 2 bridgehead atoms. The van der Waals surface area contributed by atoms with Crippen LogP contribution < -0.4 is 0 Å². The van der Waals surface area contributed by atoms with E-state index in [0.29, 0.717) is 76.8 Å². The number of amides is 1. The molecule has 1 unspecified atom stereocenters. The van der Waals surface area contributed by atoms with E-state index in [9.17, 15) is 38.8 Å². The number of cyclic esters (lactones) is 1. The molecule has 0 aromatic heterocycles. The summed E-state index contributed by atoms with van der Waals surface area (Å²) in [5, 5.41) is 23.7. The average molecular weight is 1080 g/mol. The van der Waals surface area contributed by atoms with Crippen LogP contribution in [0.15, 0.2) is 47.6 Å². The van der Waals surface area contributed by atoms with Gasteiger partial charge in [0.1, 0.15) is 30.1 Å². The Bertz CT molecular complexity index is 2050. The Hall–Kier alpha value is -3.22. The van der Waals surface area contributed by atoms with Gasteiger partial charge in [-0.1, -0.05) is 71.1 Å². The maximum Gasteiger partial charge on any atom is 0.329 e. The van der Waals surface area contributed by atoms with Crippen LogP contribution in [0, 0.1) is 35.5 Å². The molecule has 3 fully saturated rings. The Morgan fingerprint density at radius 2 is 1.56 bits per heavy atom. The molecule has 2 saturated heterocycles. The maximum absolute atomic E-state index is 14.6. The molecule has 18 heteroatoms. The SMILES string of the molecule is COCCOCCOC1C[C@@H]2CC[C@@H](C)[C@@](O)(O2)C(=O)C(=O)N2CCCC[C@H]2C(=O)O[C@H]([C@H](C)C[C@@H]2CC[C@@H](OP(C)(C)=O)[C@H](OC)C2)CC(=O)[C@H](C)/C=C(\C)[C@@H](O)[C@@H](OC)C(=O)[C@H](C)C[C@H](C)/C=C/C=CC=C1C. The summed E-state index contributed by atoms with van der Waals surface area (Å²) in [7, 11) is 1.76. The van der Waals surface area contributed by atoms with E-state index in [4.69, 9.17) is 37.7 Å². The van der Waals surface area contributed by atoms with Crippen LogP contribution in [0.4, 0.5) is 0 Å². The molecule has 17 nitrogen and oxygen atoms in total. The molecule has 4 aliphatic rings. The lowest BCUT2D eigenvalue weighted by Gasteiger charge is -2.43. The number of ether oxygens (including phenoxy) is 7. The number of aliphatic hydroxyl groups excluding tert-OH is 1. The zero-order chi connectivity index (χ0) is 55.6. The first-order valence-electron chi connectivity index (χ1n) is 27.3. The molecular formula is C57H92NO16P. The number of allylic oxidation sites excluding steroid dienone is 6. The fourth-order valence-electron chi connectivity index (χ4n) is 11.0. The van der Waals surface area contributed by atoms with Crippen molar-refractivity contribution in [3.8, 4) is 0 Å². The summed E-state index contributed by atoms with van der Waals surface area (Å²) >= 11 is 0. The van der Waals surface area contributed by atoms with E-state index in [-0.39, 0.29) is 73.9 Å². The Kier molecular flexibility index (Phi) is 26.4. The Balaban J connectivity index is 1.71. The smallest absolute Gasteiger partial charge is 0.329 e. The first kappa shape index (κ1) is 64.3. The van der Waals surface area contributed by atoms with Gasteiger partial charge >= 0.3 is 5.97 Å². The van der Waals surface area contributed by atoms with Gasteiger partial charge in [-0.3, -0.25) is 23.7 Å². The number of ketones is 3. The second-order valence-electron chi connectivity index (χ2n) is 22.2. The molecule has 1 aliphatic carbocycles. The van der Waals surface area contributed by atoms with Gasteiger partial charge in [0.05, 0.1) is 50.8 Å². The van der Waals surface area contributed by atoms with E-state index in [1.807, 2.05) is 58.1 Å². The number of nitrogens with zero attached hydrogens (tertiary/aromatic N) is 1. The van der Waals surface area contributed by atoms with E-state index in [2.05, 4.69) is 0 Å². The van der Waals surface area contributed by atoms with Crippen LogP contribution >= 0.6 is 7.37 Å². The highest BCUT2D eigenvalue weighted by atomic mass is 31.2. The number of Topliss-reactive ketones (excluding diaryl/α,β-unsaturated/α-hetero) is 3. The number of hydrogen-bond donors (Lipinski definition) is 2. The number of carbonyl (C=O) groups excluding carboxylic acids is 5. The molecule has 1 amide bonds. The van der Waals surface area contributed by atoms with Gasteiger partial charge < -0.3 is 52.8 Å². The highest BCUT2D eigenvalue weighted by Crippen LogP contribution is 2.45. The molecule has 2 N–H and O–H groups in total. The summed E-state index contributed by atoms with van der Waals surface area (Å²) in [6.07, 6.45) is 10.9. The van der Waals surface area contributed by atoms with E-state index < -0.39 is 85.1 Å². The van der Waals surface area contributed by atoms with Crippen molar-refractivity contribution in [1.82, 2.24) is 4.90 Å². The molecule has 3 aliphatic heterocycles. The van der Waals surface area contributed by atoms with E-state index in [1.54, 1.807) is 54.4 Å². The summed E-state index contributed by atoms with van der Waals surface area (Å²) in [5.41, 5.74) is 1.21. The fraction of sp³-hybridized carbons (Fsp3) is 0.772. The summed E-state index contributed by atoms with van der Waals surface area (Å²) in [4.78, 5) is 72.9. The normalized spacial score (nSPS) is 35.7. The predicted molar refractivity (Wildman–Crippen MR) is 285 cm³/mol. The number of esters is 1. The third-order valence-corrected chi connectivity index (χ3v) is 16.3. The summed E-state index contributed by atoms with van der Waals surface area (Å²) in [6.45, 7) is 17.2. The van der Waals surface area contributed by atoms with Crippen LogP contribution in [0.1, 0.15) is 126 Å². The van der Waals surface area contributed by atoms with Crippen LogP contribution in [0.2, 0.25) is 0 Å². The molecule has 0 radical (unpaired) electrons. The highest BCUT2D eigenvalue weighted by Gasteiger charge is 2.53. The van der Waals surface area contributed by atoms with E-state index in [0.717, 1.165) is 12.0 Å². The van der Waals surface area contributed by atoms with Crippen molar-refractivity contribution in [3.05, 3.63) is 47.6 Å². The molecule has 426 valence electrons.